The number of nitrogens with zero attached hydrogens (tertiary/aromatic N) is 2. The standard InChI is InChI=1S/C13H19N3O2/c1-3-7-16(8-9-17)11-5-6-15-12(10-11)13(18)14-4-2/h3,5-6,10,17H,1,4,7-9H2,2H3,(H,14,18). The van der Waals surface area contributed by atoms with Gasteiger partial charge in [-0.05, 0) is 19.1 Å². The Bertz CT molecular complexity index is 407. The molecule has 0 atom stereocenters. The van der Waals surface area contributed by atoms with E-state index in [2.05, 4.69) is 16.9 Å². The van der Waals surface area contributed by atoms with Crippen molar-refractivity contribution in [1.29, 1.82) is 0 Å². The number of hydrogen-bond donors (Lipinski definition) is 2. The van der Waals surface area contributed by atoms with Crippen molar-refractivity contribution in [2.75, 3.05) is 31.1 Å². The fourth-order valence-corrected chi connectivity index (χ4v) is 1.59. The Hall–Kier alpha value is -1.88. The maximum Gasteiger partial charge on any atom is 0.269 e. The number of carbonyl (C=O) groups is 1. The quantitative estimate of drug-likeness (QED) is 0.702. The van der Waals surface area contributed by atoms with Gasteiger partial charge in [-0.15, -0.1) is 6.58 Å². The van der Waals surface area contributed by atoms with Crippen LogP contribution in [0.15, 0.2) is 31.0 Å². The molecule has 1 amide bonds. The second-order valence-corrected chi connectivity index (χ2v) is 3.72. The van der Waals surface area contributed by atoms with Crippen LogP contribution in [0, 0.1) is 0 Å². The van der Waals surface area contributed by atoms with E-state index in [0.717, 1.165) is 5.69 Å². The lowest BCUT2D eigenvalue weighted by atomic mass is 10.2. The van der Waals surface area contributed by atoms with Crippen molar-refractivity contribution >= 4 is 11.6 Å². The fraction of sp³-hybridized carbons (Fsp3) is 0.385. The molecule has 0 radical (unpaired) electrons. The van der Waals surface area contributed by atoms with Crippen LogP contribution in [-0.4, -0.2) is 42.2 Å². The molecule has 0 spiro atoms. The Morgan fingerprint density at radius 1 is 1.67 bits per heavy atom. The van der Waals surface area contributed by atoms with Gasteiger partial charge in [0.15, 0.2) is 0 Å². The number of anilines is 1. The molecule has 0 fully saturated rings. The lowest BCUT2D eigenvalue weighted by Gasteiger charge is -2.22. The van der Waals surface area contributed by atoms with Gasteiger partial charge in [-0.25, -0.2) is 0 Å². The van der Waals surface area contributed by atoms with Crippen LogP contribution >= 0.6 is 0 Å². The maximum atomic E-state index is 11.7. The lowest BCUT2D eigenvalue weighted by molar-refractivity contribution is 0.0951. The van der Waals surface area contributed by atoms with Gasteiger partial charge in [0, 0.05) is 31.5 Å². The SMILES string of the molecule is C=CCN(CCO)c1ccnc(C(=O)NCC)c1. The molecule has 0 aliphatic heterocycles. The van der Waals surface area contributed by atoms with Crippen molar-refractivity contribution in [3.63, 3.8) is 0 Å². The molecule has 0 bridgehead atoms. The van der Waals surface area contributed by atoms with Crippen LogP contribution in [0.2, 0.25) is 0 Å². The third kappa shape index (κ3) is 3.85. The van der Waals surface area contributed by atoms with Gasteiger partial charge in [-0.2, -0.15) is 0 Å². The van der Waals surface area contributed by atoms with Gasteiger partial charge in [0.2, 0.25) is 0 Å². The summed E-state index contributed by atoms with van der Waals surface area (Å²) < 4.78 is 0. The van der Waals surface area contributed by atoms with Crippen LogP contribution in [0.3, 0.4) is 0 Å². The number of rotatable bonds is 7. The van der Waals surface area contributed by atoms with Gasteiger partial charge in [0.1, 0.15) is 5.69 Å². The summed E-state index contributed by atoms with van der Waals surface area (Å²) in [5.74, 6) is -0.193. The highest BCUT2D eigenvalue weighted by molar-refractivity contribution is 5.93. The Balaban J connectivity index is 2.90. The number of aliphatic hydroxyl groups is 1. The summed E-state index contributed by atoms with van der Waals surface area (Å²) >= 11 is 0. The second-order valence-electron chi connectivity index (χ2n) is 3.72. The Kier molecular flexibility index (Phi) is 5.87. The van der Waals surface area contributed by atoms with Crippen LogP contribution in [-0.2, 0) is 0 Å². The van der Waals surface area contributed by atoms with Crippen molar-refractivity contribution in [2.45, 2.75) is 6.92 Å². The van der Waals surface area contributed by atoms with Crippen LogP contribution in [0.5, 0.6) is 0 Å². The van der Waals surface area contributed by atoms with Gasteiger partial charge in [-0.3, -0.25) is 9.78 Å². The molecule has 1 aromatic rings. The Labute approximate surface area is 107 Å². The highest BCUT2D eigenvalue weighted by atomic mass is 16.3. The van der Waals surface area contributed by atoms with E-state index in [0.29, 0.717) is 25.3 Å². The first-order chi connectivity index (χ1) is 8.72. The van der Waals surface area contributed by atoms with Crippen molar-refractivity contribution in [3.8, 4) is 0 Å². The van der Waals surface area contributed by atoms with Crippen molar-refractivity contribution in [3.05, 3.63) is 36.7 Å². The average molecular weight is 249 g/mol. The number of aliphatic hydroxyl groups excluding tert-OH is 1. The zero-order valence-electron chi connectivity index (χ0n) is 10.6. The zero-order valence-corrected chi connectivity index (χ0v) is 10.6. The largest absolute Gasteiger partial charge is 0.395 e. The smallest absolute Gasteiger partial charge is 0.269 e. The number of amides is 1. The average Bonchev–Trinajstić information content (AvgIpc) is 2.39. The topological polar surface area (TPSA) is 65.5 Å². The molecule has 0 unspecified atom stereocenters. The normalized spacial score (nSPS) is 9.89. The monoisotopic (exact) mass is 249 g/mol. The van der Waals surface area contributed by atoms with Crippen LogP contribution < -0.4 is 10.2 Å². The zero-order chi connectivity index (χ0) is 13.4. The number of hydrogen-bond acceptors (Lipinski definition) is 4. The van der Waals surface area contributed by atoms with Crippen molar-refractivity contribution in [1.82, 2.24) is 10.3 Å². The maximum absolute atomic E-state index is 11.7. The number of aromatic nitrogens is 1. The summed E-state index contributed by atoms with van der Waals surface area (Å²) in [6.07, 6.45) is 3.34. The minimum Gasteiger partial charge on any atom is -0.395 e. The molecule has 1 aromatic heterocycles. The van der Waals surface area contributed by atoms with E-state index in [9.17, 15) is 4.79 Å². The van der Waals surface area contributed by atoms with Crippen LogP contribution in [0.4, 0.5) is 5.69 Å². The molecule has 0 aromatic carbocycles. The summed E-state index contributed by atoms with van der Waals surface area (Å²) in [4.78, 5) is 17.6. The van der Waals surface area contributed by atoms with Gasteiger partial charge in [-0.1, -0.05) is 6.08 Å². The highest BCUT2D eigenvalue weighted by Crippen LogP contribution is 2.14. The summed E-state index contributed by atoms with van der Waals surface area (Å²) in [5, 5.41) is 11.7. The molecule has 0 aliphatic rings. The molecule has 1 rings (SSSR count). The van der Waals surface area contributed by atoms with Gasteiger partial charge in [0.25, 0.3) is 5.91 Å². The highest BCUT2D eigenvalue weighted by Gasteiger charge is 2.09. The second kappa shape index (κ2) is 7.45. The fourth-order valence-electron chi connectivity index (χ4n) is 1.59. The van der Waals surface area contributed by atoms with Crippen LogP contribution in [0.1, 0.15) is 17.4 Å². The van der Waals surface area contributed by atoms with E-state index in [4.69, 9.17) is 5.11 Å². The number of pyridine rings is 1. The summed E-state index contributed by atoms with van der Waals surface area (Å²) in [5.41, 5.74) is 1.22. The Morgan fingerprint density at radius 2 is 2.44 bits per heavy atom. The van der Waals surface area contributed by atoms with E-state index in [1.165, 1.54) is 0 Å². The minimum absolute atomic E-state index is 0.0483. The molecule has 5 nitrogen and oxygen atoms in total. The summed E-state index contributed by atoms with van der Waals surface area (Å²) in [7, 11) is 0. The number of carbonyl (C=O) groups excluding carboxylic acids is 1. The lowest BCUT2D eigenvalue weighted by Crippen LogP contribution is -2.28. The predicted molar refractivity (Wildman–Crippen MR) is 71.7 cm³/mol. The molecule has 5 heteroatoms. The molecule has 2 N–H and O–H groups in total. The Morgan fingerprint density at radius 3 is 3.06 bits per heavy atom. The first-order valence-electron chi connectivity index (χ1n) is 5.93. The van der Waals surface area contributed by atoms with E-state index < -0.39 is 0 Å². The molecular weight excluding hydrogens is 230 g/mol. The molecule has 0 saturated heterocycles. The van der Waals surface area contributed by atoms with E-state index in [-0.39, 0.29) is 12.5 Å². The summed E-state index contributed by atoms with van der Waals surface area (Å²) in [6, 6.07) is 3.52. The predicted octanol–water partition coefficient (Wildman–Crippen LogP) is 0.816. The molecule has 1 heterocycles. The number of nitrogens with one attached hydrogen (secondary N) is 1. The first kappa shape index (κ1) is 14.2. The molecule has 18 heavy (non-hydrogen) atoms. The van der Waals surface area contributed by atoms with Crippen LogP contribution in [0.25, 0.3) is 0 Å². The van der Waals surface area contributed by atoms with Crippen molar-refractivity contribution in [2.24, 2.45) is 0 Å². The van der Waals surface area contributed by atoms with E-state index >= 15 is 0 Å². The minimum atomic E-state index is -0.193. The molecular formula is C13H19N3O2. The van der Waals surface area contributed by atoms with Crippen molar-refractivity contribution < 1.29 is 9.90 Å². The molecule has 98 valence electrons. The van der Waals surface area contributed by atoms with Gasteiger partial charge in [0.05, 0.1) is 6.61 Å². The first-order valence-corrected chi connectivity index (χ1v) is 5.93. The summed E-state index contributed by atoms with van der Waals surface area (Å²) in [6.45, 7) is 7.25. The van der Waals surface area contributed by atoms with E-state index in [1.807, 2.05) is 17.9 Å². The van der Waals surface area contributed by atoms with Gasteiger partial charge >= 0.3 is 0 Å². The third-order valence-electron chi connectivity index (χ3n) is 2.40. The molecule has 0 aliphatic carbocycles. The van der Waals surface area contributed by atoms with E-state index in [1.54, 1.807) is 18.3 Å². The third-order valence-corrected chi connectivity index (χ3v) is 2.40. The van der Waals surface area contributed by atoms with Gasteiger partial charge < -0.3 is 15.3 Å². The molecule has 0 saturated carbocycles.